The average molecular weight is 526 g/mol. The number of aromatic nitrogens is 4. The summed E-state index contributed by atoms with van der Waals surface area (Å²) >= 11 is 0. The van der Waals surface area contributed by atoms with E-state index in [1.165, 1.54) is 28.2 Å². The molecule has 0 saturated heterocycles. The molecule has 2 heterocycles. The van der Waals surface area contributed by atoms with E-state index >= 15 is 0 Å². The van der Waals surface area contributed by atoms with Crippen LogP contribution >= 0.6 is 0 Å². The summed E-state index contributed by atoms with van der Waals surface area (Å²) < 4.78 is 35.4. The van der Waals surface area contributed by atoms with Crippen molar-refractivity contribution in [2.24, 2.45) is 7.05 Å². The lowest BCUT2D eigenvalue weighted by Gasteiger charge is -2.17. The molecule has 198 valence electrons. The van der Waals surface area contributed by atoms with Crippen molar-refractivity contribution in [2.75, 3.05) is 20.2 Å². The average Bonchev–Trinajstić information content (AvgIpc) is 3.20. The molecule has 0 amide bonds. The van der Waals surface area contributed by atoms with Gasteiger partial charge in [-0.1, -0.05) is 56.7 Å². The zero-order chi connectivity index (χ0) is 27.0. The van der Waals surface area contributed by atoms with Crippen LogP contribution in [0.4, 0.5) is 0 Å². The molecule has 0 aliphatic carbocycles. The second kappa shape index (κ2) is 12.6. The number of aryl methyl sites for hydroxylation is 2. The maximum atomic E-state index is 13.3. The van der Waals surface area contributed by atoms with Crippen molar-refractivity contribution in [3.05, 3.63) is 70.7 Å². The monoisotopic (exact) mass is 525 g/mol. The fraction of sp³-hybridized carbons (Fsp3) is 0.370. The fourth-order valence-corrected chi connectivity index (χ4v) is 4.93. The zero-order valence-electron chi connectivity index (χ0n) is 22.1. The molecule has 37 heavy (non-hydrogen) atoms. The van der Waals surface area contributed by atoms with Gasteiger partial charge in [0, 0.05) is 20.6 Å². The standard InChI is InChI=1S/C27H35N5O4S/c1-6-9-10-11-12-13-17-31(4)37(34,35)20-15-16-23(36-18-8-3)21(19-20)26-28-24-22(14-7-2)30-32(5)25(24)27(33)29-26/h6,9-13,15-16,19H,7-8,14,17-18H2,1-5H3,(H,28,29,33)/b9-6-,11-10-,13-12+. The number of sulfonamides is 1. The van der Waals surface area contributed by atoms with E-state index in [9.17, 15) is 13.2 Å². The molecule has 1 aromatic carbocycles. The minimum atomic E-state index is -3.82. The van der Waals surface area contributed by atoms with Gasteiger partial charge < -0.3 is 9.72 Å². The Morgan fingerprint density at radius 3 is 2.59 bits per heavy atom. The molecule has 9 nitrogen and oxygen atoms in total. The highest BCUT2D eigenvalue weighted by Crippen LogP contribution is 2.32. The van der Waals surface area contributed by atoms with Crippen LogP contribution in [0.2, 0.25) is 0 Å². The summed E-state index contributed by atoms with van der Waals surface area (Å²) in [6.07, 6.45) is 13.3. The maximum Gasteiger partial charge on any atom is 0.277 e. The predicted octanol–water partition coefficient (Wildman–Crippen LogP) is 4.37. The number of nitrogens with zero attached hydrogens (tertiary/aromatic N) is 4. The summed E-state index contributed by atoms with van der Waals surface area (Å²) in [5.74, 6) is 0.684. The quantitative estimate of drug-likeness (QED) is 0.352. The molecule has 1 N–H and O–H groups in total. The van der Waals surface area contributed by atoms with Crippen molar-refractivity contribution in [3.8, 4) is 17.1 Å². The number of rotatable bonds is 12. The number of likely N-dealkylation sites (N-methyl/N-ethyl adjacent to an activating group) is 1. The third-order valence-electron chi connectivity index (χ3n) is 5.65. The number of fused-ring (bicyclic) bond motifs is 1. The van der Waals surface area contributed by atoms with Gasteiger partial charge in [0.05, 0.1) is 22.8 Å². The third-order valence-corrected chi connectivity index (χ3v) is 7.47. The lowest BCUT2D eigenvalue weighted by Crippen LogP contribution is -2.27. The summed E-state index contributed by atoms with van der Waals surface area (Å²) in [6.45, 7) is 6.57. The van der Waals surface area contributed by atoms with Gasteiger partial charge in [0.1, 0.15) is 17.1 Å². The van der Waals surface area contributed by atoms with E-state index in [2.05, 4.69) is 10.1 Å². The number of allylic oxidation sites excluding steroid dienone is 5. The van der Waals surface area contributed by atoms with E-state index in [0.717, 1.165) is 18.5 Å². The lowest BCUT2D eigenvalue weighted by atomic mass is 10.1. The second-order valence-electron chi connectivity index (χ2n) is 8.56. The molecule has 3 rings (SSSR count). The Balaban J connectivity index is 2.07. The second-order valence-corrected chi connectivity index (χ2v) is 10.6. The molecule has 0 aliphatic heterocycles. The number of hydrogen-bond acceptors (Lipinski definition) is 6. The molecule has 0 saturated carbocycles. The van der Waals surface area contributed by atoms with Gasteiger partial charge in [-0.15, -0.1) is 0 Å². The van der Waals surface area contributed by atoms with Crippen molar-refractivity contribution in [1.29, 1.82) is 0 Å². The Morgan fingerprint density at radius 1 is 1.14 bits per heavy atom. The summed E-state index contributed by atoms with van der Waals surface area (Å²) in [5, 5.41) is 4.46. The summed E-state index contributed by atoms with van der Waals surface area (Å²) in [5.41, 5.74) is 1.66. The first-order valence-corrected chi connectivity index (χ1v) is 13.8. The molecule has 2 aromatic heterocycles. The van der Waals surface area contributed by atoms with Crippen LogP contribution in [0.1, 0.15) is 39.3 Å². The molecule has 0 aliphatic rings. The molecule has 0 unspecified atom stereocenters. The molecular formula is C27H35N5O4S. The molecule has 0 radical (unpaired) electrons. The predicted molar refractivity (Wildman–Crippen MR) is 147 cm³/mol. The van der Waals surface area contributed by atoms with Crippen LogP contribution in [0.15, 0.2) is 64.3 Å². The van der Waals surface area contributed by atoms with Gasteiger partial charge in [0.15, 0.2) is 5.52 Å². The largest absolute Gasteiger partial charge is 0.493 e. The molecule has 0 fully saturated rings. The van der Waals surface area contributed by atoms with Crippen LogP contribution in [0.3, 0.4) is 0 Å². The normalized spacial score (nSPS) is 12.7. The molecule has 0 atom stereocenters. The molecule has 10 heteroatoms. The first-order valence-electron chi connectivity index (χ1n) is 12.4. The number of aromatic amines is 1. The SMILES string of the molecule is C\C=C/C=C\C=C\CN(C)S(=O)(=O)c1ccc(OCCC)c(-c2nc3c(CCC)nn(C)c3c(=O)[nH]2)c1. The number of hydrogen-bond donors (Lipinski definition) is 1. The van der Waals surface area contributed by atoms with E-state index in [1.807, 2.05) is 45.1 Å². The van der Waals surface area contributed by atoms with Gasteiger partial charge in [-0.25, -0.2) is 13.4 Å². The van der Waals surface area contributed by atoms with E-state index in [4.69, 9.17) is 9.72 Å². The topological polar surface area (TPSA) is 110 Å². The van der Waals surface area contributed by atoms with E-state index in [0.29, 0.717) is 35.4 Å². The minimum Gasteiger partial charge on any atom is -0.493 e. The van der Waals surface area contributed by atoms with Crippen LogP contribution in [-0.2, 0) is 23.5 Å². The summed E-state index contributed by atoms with van der Waals surface area (Å²) in [6, 6.07) is 4.63. The maximum absolute atomic E-state index is 13.3. The van der Waals surface area contributed by atoms with E-state index in [-0.39, 0.29) is 22.8 Å². The van der Waals surface area contributed by atoms with Gasteiger partial charge in [0.2, 0.25) is 10.0 Å². The van der Waals surface area contributed by atoms with E-state index in [1.54, 1.807) is 25.3 Å². The Bertz CT molecular complexity index is 1480. The Hall–Kier alpha value is -3.50. The van der Waals surface area contributed by atoms with Gasteiger partial charge in [-0.3, -0.25) is 9.48 Å². The smallest absolute Gasteiger partial charge is 0.277 e. The van der Waals surface area contributed by atoms with Crippen LogP contribution in [-0.4, -0.2) is 52.7 Å². The Kier molecular flexibility index (Phi) is 9.60. The first kappa shape index (κ1) is 28.1. The third kappa shape index (κ3) is 6.44. The number of nitrogens with one attached hydrogen (secondary N) is 1. The number of H-pyrrole nitrogens is 1. The van der Waals surface area contributed by atoms with Gasteiger partial charge in [-0.05, 0) is 38.0 Å². The van der Waals surface area contributed by atoms with Crippen molar-refractivity contribution in [1.82, 2.24) is 24.1 Å². The summed E-state index contributed by atoms with van der Waals surface area (Å²) in [7, 11) is -0.584. The minimum absolute atomic E-state index is 0.0782. The Morgan fingerprint density at radius 2 is 1.89 bits per heavy atom. The summed E-state index contributed by atoms with van der Waals surface area (Å²) in [4.78, 5) is 20.6. The van der Waals surface area contributed by atoms with Crippen LogP contribution < -0.4 is 10.3 Å². The van der Waals surface area contributed by atoms with Gasteiger partial charge in [-0.2, -0.15) is 9.40 Å². The highest BCUT2D eigenvalue weighted by Gasteiger charge is 2.23. The van der Waals surface area contributed by atoms with E-state index < -0.39 is 10.0 Å². The van der Waals surface area contributed by atoms with Gasteiger partial charge in [0.25, 0.3) is 5.56 Å². The first-order chi connectivity index (χ1) is 17.7. The molecule has 0 spiro atoms. The van der Waals surface area contributed by atoms with Gasteiger partial charge >= 0.3 is 0 Å². The van der Waals surface area contributed by atoms with Crippen molar-refractivity contribution in [3.63, 3.8) is 0 Å². The van der Waals surface area contributed by atoms with Crippen LogP contribution in [0.5, 0.6) is 5.75 Å². The van der Waals surface area contributed by atoms with Crippen molar-refractivity contribution < 1.29 is 13.2 Å². The number of benzene rings is 1. The van der Waals surface area contributed by atoms with Crippen LogP contribution in [0.25, 0.3) is 22.4 Å². The fourth-order valence-electron chi connectivity index (χ4n) is 3.78. The van der Waals surface area contributed by atoms with Crippen molar-refractivity contribution >= 4 is 21.1 Å². The molecular weight excluding hydrogens is 490 g/mol. The molecule has 0 bridgehead atoms. The number of ether oxygens (including phenoxy) is 1. The van der Waals surface area contributed by atoms with Crippen LogP contribution in [0, 0.1) is 0 Å². The lowest BCUT2D eigenvalue weighted by molar-refractivity contribution is 0.318. The Labute approximate surface area is 218 Å². The zero-order valence-corrected chi connectivity index (χ0v) is 22.9. The molecule has 3 aromatic rings. The highest BCUT2D eigenvalue weighted by molar-refractivity contribution is 7.89. The van der Waals surface area contributed by atoms with Crippen molar-refractivity contribution in [2.45, 2.75) is 44.9 Å². The highest BCUT2D eigenvalue weighted by atomic mass is 32.2.